The molecule has 1 N–H and O–H groups in total. The van der Waals surface area contributed by atoms with E-state index in [0.717, 1.165) is 0 Å². The molecule has 8 nitrogen and oxygen atoms in total. The van der Waals surface area contributed by atoms with E-state index in [1.807, 2.05) is 0 Å². The SMILES string of the molecule is CCOC(=O)c1cccc(N2N=C(C)C(=Cc3ccc(-c4ccc(Cl)c(C(=O)O)c4)o3)C2=O)c1. The Bertz CT molecular complexity index is 1370. The van der Waals surface area contributed by atoms with Gasteiger partial charge in [-0.15, -0.1) is 0 Å². The summed E-state index contributed by atoms with van der Waals surface area (Å²) in [7, 11) is 0. The fourth-order valence-electron chi connectivity index (χ4n) is 3.41. The van der Waals surface area contributed by atoms with Gasteiger partial charge in [0.1, 0.15) is 11.5 Å². The van der Waals surface area contributed by atoms with Gasteiger partial charge in [-0.1, -0.05) is 17.7 Å². The zero-order valence-electron chi connectivity index (χ0n) is 18.2. The van der Waals surface area contributed by atoms with Crippen LogP contribution in [0.5, 0.6) is 0 Å². The normalized spacial score (nSPS) is 14.4. The number of ether oxygens (including phenoxy) is 1. The second kappa shape index (κ2) is 9.36. The molecule has 4 rings (SSSR count). The molecule has 0 aliphatic carbocycles. The molecule has 0 bridgehead atoms. The molecule has 1 amide bonds. The summed E-state index contributed by atoms with van der Waals surface area (Å²) in [6.07, 6.45) is 1.56. The highest BCUT2D eigenvalue weighted by atomic mass is 35.5. The van der Waals surface area contributed by atoms with Gasteiger partial charge >= 0.3 is 11.9 Å². The quantitative estimate of drug-likeness (QED) is 0.381. The van der Waals surface area contributed by atoms with Gasteiger partial charge in [-0.2, -0.15) is 10.1 Å². The average Bonchev–Trinajstić information content (AvgIpc) is 3.40. The summed E-state index contributed by atoms with van der Waals surface area (Å²) < 4.78 is 10.8. The number of hydrazone groups is 1. The smallest absolute Gasteiger partial charge is 0.338 e. The molecular formula is C25H19ClN2O6. The molecule has 0 saturated carbocycles. The summed E-state index contributed by atoms with van der Waals surface area (Å²) >= 11 is 5.93. The maximum absolute atomic E-state index is 13.1. The number of anilines is 1. The Morgan fingerprint density at radius 3 is 2.71 bits per heavy atom. The van der Waals surface area contributed by atoms with E-state index in [9.17, 15) is 19.5 Å². The van der Waals surface area contributed by atoms with Gasteiger partial charge in [0, 0.05) is 5.56 Å². The zero-order chi connectivity index (χ0) is 24.4. The van der Waals surface area contributed by atoms with Crippen molar-refractivity contribution in [1.29, 1.82) is 0 Å². The van der Waals surface area contributed by atoms with Crippen molar-refractivity contribution >= 4 is 46.9 Å². The summed E-state index contributed by atoms with van der Waals surface area (Å²) in [5, 5.41) is 14.9. The Hall–Kier alpha value is -4.17. The van der Waals surface area contributed by atoms with Crippen LogP contribution in [0.1, 0.15) is 40.3 Å². The van der Waals surface area contributed by atoms with Crippen LogP contribution in [0.25, 0.3) is 17.4 Å². The van der Waals surface area contributed by atoms with E-state index in [2.05, 4.69) is 5.10 Å². The molecule has 2 aromatic carbocycles. The van der Waals surface area contributed by atoms with E-state index in [1.54, 1.807) is 62.4 Å². The van der Waals surface area contributed by atoms with Crippen LogP contribution in [0, 0.1) is 0 Å². The van der Waals surface area contributed by atoms with Gasteiger partial charge in [0.05, 0.1) is 39.7 Å². The van der Waals surface area contributed by atoms with E-state index >= 15 is 0 Å². The van der Waals surface area contributed by atoms with Crippen LogP contribution in [0.4, 0.5) is 5.69 Å². The Kier molecular flexibility index (Phi) is 6.34. The Labute approximate surface area is 199 Å². The van der Waals surface area contributed by atoms with Gasteiger partial charge in [0.2, 0.25) is 0 Å². The minimum absolute atomic E-state index is 0.0369. The number of amides is 1. The molecule has 1 aliphatic rings. The minimum atomic E-state index is -1.14. The highest BCUT2D eigenvalue weighted by Gasteiger charge is 2.29. The molecule has 0 fully saturated rings. The number of rotatable bonds is 6. The van der Waals surface area contributed by atoms with Crippen molar-refractivity contribution in [2.75, 3.05) is 11.6 Å². The molecule has 1 aliphatic heterocycles. The lowest BCUT2D eigenvalue weighted by Gasteiger charge is -2.12. The Balaban J connectivity index is 1.60. The summed E-state index contributed by atoms with van der Waals surface area (Å²) in [4.78, 5) is 36.4. The summed E-state index contributed by atoms with van der Waals surface area (Å²) in [5.74, 6) is -1.19. The largest absolute Gasteiger partial charge is 0.478 e. The van der Waals surface area contributed by atoms with Crippen molar-refractivity contribution in [3.05, 3.63) is 82.1 Å². The van der Waals surface area contributed by atoms with Gasteiger partial charge in [0.25, 0.3) is 5.91 Å². The molecule has 0 spiro atoms. The molecule has 34 heavy (non-hydrogen) atoms. The molecule has 0 saturated heterocycles. The molecule has 172 valence electrons. The highest BCUT2D eigenvalue weighted by molar-refractivity contribution is 6.33. The van der Waals surface area contributed by atoms with Crippen LogP contribution >= 0.6 is 11.6 Å². The summed E-state index contributed by atoms with van der Waals surface area (Å²) in [5.41, 5.74) is 2.05. The summed E-state index contributed by atoms with van der Waals surface area (Å²) in [6.45, 7) is 3.66. The summed E-state index contributed by atoms with van der Waals surface area (Å²) in [6, 6.07) is 14.4. The first-order valence-electron chi connectivity index (χ1n) is 10.3. The number of nitrogens with zero attached hydrogens (tertiary/aromatic N) is 2. The number of carboxylic acids is 1. The predicted molar refractivity (Wildman–Crippen MR) is 127 cm³/mol. The van der Waals surface area contributed by atoms with Gasteiger partial charge in [0.15, 0.2) is 0 Å². The lowest BCUT2D eigenvalue weighted by atomic mass is 10.1. The van der Waals surface area contributed by atoms with Crippen LogP contribution < -0.4 is 5.01 Å². The van der Waals surface area contributed by atoms with Crippen LogP contribution in [0.15, 0.2) is 69.7 Å². The molecule has 2 heterocycles. The standard InChI is InChI=1S/C25H19ClN2O6/c1-3-33-25(32)16-5-4-6-17(11-16)28-23(29)19(14(2)27-28)13-18-8-10-22(34-18)15-7-9-21(26)20(12-15)24(30)31/h4-13H,3H2,1-2H3,(H,30,31). The minimum Gasteiger partial charge on any atom is -0.478 e. The van der Waals surface area contributed by atoms with Crippen molar-refractivity contribution in [1.82, 2.24) is 0 Å². The molecule has 0 radical (unpaired) electrons. The monoisotopic (exact) mass is 478 g/mol. The van der Waals surface area contributed by atoms with Gasteiger partial charge in [-0.3, -0.25) is 4.79 Å². The molecule has 3 aromatic rings. The third-order valence-electron chi connectivity index (χ3n) is 5.06. The Morgan fingerprint density at radius 2 is 1.97 bits per heavy atom. The van der Waals surface area contributed by atoms with E-state index < -0.39 is 11.9 Å². The van der Waals surface area contributed by atoms with E-state index in [-0.39, 0.29) is 23.1 Å². The number of aromatic carboxylic acids is 1. The van der Waals surface area contributed by atoms with Crippen molar-refractivity contribution in [2.24, 2.45) is 5.10 Å². The maximum Gasteiger partial charge on any atom is 0.338 e. The van der Waals surface area contributed by atoms with Crippen molar-refractivity contribution in [3.63, 3.8) is 0 Å². The number of halogens is 1. The number of esters is 1. The first-order valence-corrected chi connectivity index (χ1v) is 10.7. The lowest BCUT2D eigenvalue weighted by molar-refractivity contribution is -0.114. The average molecular weight is 479 g/mol. The molecule has 0 unspecified atom stereocenters. The van der Waals surface area contributed by atoms with Crippen molar-refractivity contribution in [3.8, 4) is 11.3 Å². The lowest BCUT2D eigenvalue weighted by Crippen LogP contribution is -2.21. The zero-order valence-corrected chi connectivity index (χ0v) is 19.0. The van der Waals surface area contributed by atoms with Crippen LogP contribution in [0.3, 0.4) is 0 Å². The first kappa shape index (κ1) is 23.0. The third-order valence-corrected chi connectivity index (χ3v) is 5.39. The third kappa shape index (κ3) is 4.49. The Morgan fingerprint density at radius 1 is 1.18 bits per heavy atom. The highest BCUT2D eigenvalue weighted by Crippen LogP contribution is 2.30. The number of furan rings is 1. The molecule has 1 aromatic heterocycles. The van der Waals surface area contributed by atoms with Crippen molar-refractivity contribution in [2.45, 2.75) is 13.8 Å². The number of carbonyl (C=O) groups excluding carboxylic acids is 2. The molecule has 0 atom stereocenters. The number of hydrogen-bond acceptors (Lipinski definition) is 6. The fraction of sp³-hybridized carbons (Fsp3) is 0.120. The topological polar surface area (TPSA) is 109 Å². The number of carboxylic acid groups (broad SMARTS) is 1. The van der Waals surface area contributed by atoms with Crippen LogP contribution in [-0.4, -0.2) is 35.3 Å². The number of benzene rings is 2. The van der Waals surface area contributed by atoms with Gasteiger partial charge in [-0.05, 0) is 68.5 Å². The second-order valence-electron chi connectivity index (χ2n) is 7.33. The number of hydrogen-bond donors (Lipinski definition) is 1. The number of carbonyl (C=O) groups is 3. The van der Waals surface area contributed by atoms with E-state index in [4.69, 9.17) is 20.8 Å². The second-order valence-corrected chi connectivity index (χ2v) is 7.74. The molecule has 9 heteroatoms. The van der Waals surface area contributed by atoms with E-state index in [1.165, 1.54) is 17.1 Å². The van der Waals surface area contributed by atoms with Gasteiger partial charge < -0.3 is 14.3 Å². The van der Waals surface area contributed by atoms with Crippen molar-refractivity contribution < 1.29 is 28.6 Å². The fourth-order valence-corrected chi connectivity index (χ4v) is 3.61. The molecular weight excluding hydrogens is 460 g/mol. The first-order chi connectivity index (χ1) is 16.3. The van der Waals surface area contributed by atoms with Crippen LogP contribution in [-0.2, 0) is 9.53 Å². The van der Waals surface area contributed by atoms with Crippen LogP contribution in [0.2, 0.25) is 5.02 Å². The van der Waals surface area contributed by atoms with Gasteiger partial charge in [-0.25, -0.2) is 9.59 Å². The maximum atomic E-state index is 13.1. The van der Waals surface area contributed by atoms with E-state index in [0.29, 0.717) is 39.6 Å². The predicted octanol–water partition coefficient (Wildman–Crippen LogP) is 5.28.